The van der Waals surface area contributed by atoms with Crippen LogP contribution in [0, 0.1) is 6.92 Å². The first kappa shape index (κ1) is 16.4. The van der Waals surface area contributed by atoms with Crippen LogP contribution in [0.15, 0.2) is 12.3 Å². The minimum Gasteiger partial charge on any atom is -0.444 e. The van der Waals surface area contributed by atoms with Gasteiger partial charge in [-0.15, -0.1) is 0 Å². The number of carbonyl (C=O) groups is 1. The minimum absolute atomic E-state index is 0.189. The van der Waals surface area contributed by atoms with E-state index in [0.717, 1.165) is 37.3 Å². The van der Waals surface area contributed by atoms with Crippen LogP contribution >= 0.6 is 11.6 Å². The number of amides is 1. The topological polar surface area (TPSA) is 45.7 Å². The molecule has 2 aliphatic heterocycles. The summed E-state index contributed by atoms with van der Waals surface area (Å²) in [6, 6.07) is 2.36. The molecule has 2 aliphatic rings. The summed E-state index contributed by atoms with van der Waals surface area (Å²) in [6.07, 6.45) is 3.53. The number of hydrogen-bond donors (Lipinski definition) is 0. The molecule has 0 N–H and O–H groups in total. The molecule has 23 heavy (non-hydrogen) atoms. The summed E-state index contributed by atoms with van der Waals surface area (Å²) in [5, 5.41) is 0.646. The molecular formula is C17H24ClN3O2. The number of fused-ring (bicyclic) bond motifs is 2. The molecule has 3 rings (SSSR count). The highest BCUT2D eigenvalue weighted by atomic mass is 35.5. The summed E-state index contributed by atoms with van der Waals surface area (Å²) in [5.41, 5.74) is 1.58. The third kappa shape index (κ3) is 3.39. The van der Waals surface area contributed by atoms with E-state index in [4.69, 9.17) is 16.3 Å². The third-order valence-electron chi connectivity index (χ3n) is 4.45. The Morgan fingerprint density at radius 2 is 1.91 bits per heavy atom. The molecule has 0 radical (unpaired) electrons. The Bertz CT molecular complexity index is 600. The molecule has 2 saturated heterocycles. The van der Waals surface area contributed by atoms with Crippen molar-refractivity contribution in [3.63, 3.8) is 0 Å². The maximum absolute atomic E-state index is 12.5. The second-order valence-electron chi connectivity index (χ2n) is 7.44. The highest BCUT2D eigenvalue weighted by Crippen LogP contribution is 2.35. The second-order valence-corrected chi connectivity index (χ2v) is 7.87. The van der Waals surface area contributed by atoms with E-state index in [2.05, 4.69) is 9.88 Å². The summed E-state index contributed by atoms with van der Waals surface area (Å²) in [4.78, 5) is 21.1. The Kier molecular flexibility index (Phi) is 4.17. The van der Waals surface area contributed by atoms with Gasteiger partial charge in [0.05, 0.1) is 28.5 Å². The monoisotopic (exact) mass is 337 g/mol. The third-order valence-corrected chi connectivity index (χ3v) is 4.66. The fourth-order valence-corrected chi connectivity index (χ4v) is 3.68. The largest absolute Gasteiger partial charge is 0.444 e. The molecule has 0 aliphatic carbocycles. The fraction of sp³-hybridized carbons (Fsp3) is 0.647. The van der Waals surface area contributed by atoms with Gasteiger partial charge in [0.25, 0.3) is 0 Å². The van der Waals surface area contributed by atoms with Crippen LogP contribution in [0.25, 0.3) is 0 Å². The molecule has 0 spiro atoms. The van der Waals surface area contributed by atoms with Crippen LogP contribution in [0.4, 0.5) is 10.5 Å². The predicted molar refractivity (Wildman–Crippen MR) is 91.1 cm³/mol. The molecule has 2 bridgehead atoms. The van der Waals surface area contributed by atoms with Crippen LogP contribution in [0.2, 0.25) is 5.02 Å². The van der Waals surface area contributed by atoms with E-state index in [1.165, 1.54) is 0 Å². The Morgan fingerprint density at radius 1 is 1.30 bits per heavy atom. The maximum atomic E-state index is 12.5. The molecule has 126 valence electrons. The highest BCUT2D eigenvalue weighted by molar-refractivity contribution is 6.30. The lowest BCUT2D eigenvalue weighted by Gasteiger charge is -2.42. The van der Waals surface area contributed by atoms with Crippen molar-refractivity contribution in [1.29, 1.82) is 0 Å². The molecule has 2 unspecified atom stereocenters. The number of carbonyl (C=O) groups excluding carboxylic acids is 1. The Labute approximate surface area is 142 Å². The van der Waals surface area contributed by atoms with Gasteiger partial charge in [-0.1, -0.05) is 11.6 Å². The summed E-state index contributed by atoms with van der Waals surface area (Å²) < 4.78 is 5.58. The normalized spacial score (nSPS) is 24.0. The maximum Gasteiger partial charge on any atom is 0.410 e. The molecule has 1 aromatic rings. The quantitative estimate of drug-likeness (QED) is 0.785. The van der Waals surface area contributed by atoms with Gasteiger partial charge < -0.3 is 9.64 Å². The number of ether oxygens (including phenoxy) is 1. The molecule has 2 atom stereocenters. The van der Waals surface area contributed by atoms with Crippen molar-refractivity contribution in [3.8, 4) is 0 Å². The second kappa shape index (κ2) is 5.86. The highest BCUT2D eigenvalue weighted by Gasteiger charge is 2.44. The van der Waals surface area contributed by atoms with Crippen molar-refractivity contribution in [2.45, 2.75) is 58.2 Å². The standard InChI is InChI=1S/C17H24ClN3O2/c1-11-15(7-12(18)8-19-11)20-9-13-5-6-14(10-20)21(13)16(22)23-17(2,3)4/h7-8,13-14H,5-6,9-10H2,1-4H3. The van der Waals surface area contributed by atoms with E-state index >= 15 is 0 Å². The van der Waals surface area contributed by atoms with Crippen molar-refractivity contribution in [1.82, 2.24) is 9.88 Å². The van der Waals surface area contributed by atoms with Gasteiger partial charge in [0.1, 0.15) is 5.60 Å². The van der Waals surface area contributed by atoms with Crippen molar-refractivity contribution in [2.75, 3.05) is 18.0 Å². The van der Waals surface area contributed by atoms with Gasteiger partial charge in [-0.3, -0.25) is 9.88 Å². The molecule has 3 heterocycles. The lowest BCUT2D eigenvalue weighted by Crippen LogP contribution is -2.57. The van der Waals surface area contributed by atoms with E-state index in [1.807, 2.05) is 38.7 Å². The summed E-state index contributed by atoms with van der Waals surface area (Å²) in [5.74, 6) is 0. The van der Waals surface area contributed by atoms with E-state index in [1.54, 1.807) is 6.20 Å². The van der Waals surface area contributed by atoms with Crippen LogP contribution in [-0.2, 0) is 4.74 Å². The van der Waals surface area contributed by atoms with Gasteiger partial charge in [-0.05, 0) is 46.6 Å². The van der Waals surface area contributed by atoms with Crippen molar-refractivity contribution < 1.29 is 9.53 Å². The molecule has 6 heteroatoms. The van der Waals surface area contributed by atoms with E-state index in [0.29, 0.717) is 5.02 Å². The van der Waals surface area contributed by atoms with Crippen LogP contribution in [-0.4, -0.2) is 46.8 Å². The van der Waals surface area contributed by atoms with Gasteiger partial charge in [0.15, 0.2) is 0 Å². The average molecular weight is 338 g/mol. The lowest BCUT2D eigenvalue weighted by molar-refractivity contribution is 0.0123. The Hall–Kier alpha value is -1.49. The van der Waals surface area contributed by atoms with Gasteiger partial charge in [0, 0.05) is 19.3 Å². The SMILES string of the molecule is Cc1ncc(Cl)cc1N1CC2CCC(C1)N2C(=O)OC(C)(C)C. The van der Waals surface area contributed by atoms with Crippen LogP contribution in [0.3, 0.4) is 0 Å². The van der Waals surface area contributed by atoms with E-state index in [-0.39, 0.29) is 18.2 Å². The molecule has 1 aromatic heterocycles. The fourth-order valence-electron chi connectivity index (χ4n) is 3.53. The number of aromatic nitrogens is 1. The summed E-state index contributed by atoms with van der Waals surface area (Å²) in [7, 11) is 0. The van der Waals surface area contributed by atoms with Gasteiger partial charge in [-0.2, -0.15) is 0 Å². The zero-order valence-electron chi connectivity index (χ0n) is 14.2. The molecular weight excluding hydrogens is 314 g/mol. The van der Waals surface area contributed by atoms with Crippen LogP contribution in [0.5, 0.6) is 0 Å². The summed E-state index contributed by atoms with van der Waals surface area (Å²) >= 11 is 6.10. The predicted octanol–water partition coefficient (Wildman–Crippen LogP) is 3.63. The Balaban J connectivity index is 1.77. The molecule has 0 aromatic carbocycles. The number of hydrogen-bond acceptors (Lipinski definition) is 4. The number of anilines is 1. The lowest BCUT2D eigenvalue weighted by atomic mass is 10.1. The smallest absolute Gasteiger partial charge is 0.410 e. The number of piperazine rings is 1. The van der Waals surface area contributed by atoms with Gasteiger partial charge in [-0.25, -0.2) is 4.79 Å². The number of halogens is 1. The minimum atomic E-state index is -0.457. The Morgan fingerprint density at radius 3 is 2.48 bits per heavy atom. The molecule has 2 fully saturated rings. The first-order chi connectivity index (χ1) is 10.7. The van der Waals surface area contributed by atoms with Gasteiger partial charge >= 0.3 is 6.09 Å². The molecule has 0 saturated carbocycles. The number of aryl methyl sites for hydroxylation is 1. The number of pyridine rings is 1. The number of nitrogens with zero attached hydrogens (tertiary/aromatic N) is 3. The van der Waals surface area contributed by atoms with Crippen molar-refractivity contribution >= 4 is 23.4 Å². The van der Waals surface area contributed by atoms with Crippen LogP contribution < -0.4 is 4.90 Å². The first-order valence-electron chi connectivity index (χ1n) is 8.13. The molecule has 5 nitrogen and oxygen atoms in total. The molecule has 1 amide bonds. The summed E-state index contributed by atoms with van der Waals surface area (Å²) in [6.45, 7) is 9.32. The van der Waals surface area contributed by atoms with Crippen molar-refractivity contribution in [3.05, 3.63) is 23.0 Å². The average Bonchev–Trinajstić information content (AvgIpc) is 2.71. The van der Waals surface area contributed by atoms with Gasteiger partial charge in [0.2, 0.25) is 0 Å². The zero-order valence-corrected chi connectivity index (χ0v) is 14.9. The van der Waals surface area contributed by atoms with Crippen LogP contribution in [0.1, 0.15) is 39.3 Å². The van der Waals surface area contributed by atoms with E-state index in [9.17, 15) is 4.79 Å². The first-order valence-corrected chi connectivity index (χ1v) is 8.51. The van der Waals surface area contributed by atoms with Crippen molar-refractivity contribution in [2.24, 2.45) is 0 Å². The van der Waals surface area contributed by atoms with E-state index < -0.39 is 5.60 Å². The zero-order chi connectivity index (χ0) is 16.8. The number of rotatable bonds is 1.